The molecule has 0 amide bonds. The molecule has 2 heteroatoms. The van der Waals surface area contributed by atoms with Gasteiger partial charge in [-0.15, -0.1) is 0 Å². The summed E-state index contributed by atoms with van der Waals surface area (Å²) >= 11 is 0. The van der Waals surface area contributed by atoms with E-state index in [0.717, 1.165) is 25.4 Å². The van der Waals surface area contributed by atoms with Gasteiger partial charge >= 0.3 is 0 Å². The minimum absolute atomic E-state index is 0.230. The third-order valence-electron chi connectivity index (χ3n) is 4.35. The highest BCUT2D eigenvalue weighted by atomic mass is 16.5. The minimum atomic E-state index is 0.230. The molecular weight excluding hydrogens is 272 g/mol. The van der Waals surface area contributed by atoms with E-state index in [2.05, 4.69) is 65.8 Å². The highest BCUT2D eigenvalue weighted by Crippen LogP contribution is 2.45. The summed E-state index contributed by atoms with van der Waals surface area (Å²) in [7, 11) is 0. The van der Waals surface area contributed by atoms with Crippen LogP contribution in [-0.4, -0.2) is 13.2 Å². The first-order chi connectivity index (χ1) is 10.2. The Kier molecular flexibility index (Phi) is 5.21. The van der Waals surface area contributed by atoms with Gasteiger partial charge in [-0.05, 0) is 41.9 Å². The third-order valence-corrected chi connectivity index (χ3v) is 4.35. The molecule has 0 aliphatic carbocycles. The summed E-state index contributed by atoms with van der Waals surface area (Å²) in [6.07, 6.45) is 2.58. The highest BCUT2D eigenvalue weighted by Gasteiger charge is 2.40. The number of benzene rings is 1. The molecule has 0 aromatic heterocycles. The van der Waals surface area contributed by atoms with E-state index in [1.54, 1.807) is 0 Å². The monoisotopic (exact) mass is 304 g/mol. The largest absolute Gasteiger partial charge is 0.494 e. The Labute approximate surface area is 136 Å². The van der Waals surface area contributed by atoms with Gasteiger partial charge in [-0.3, -0.25) is 0 Å². The zero-order valence-corrected chi connectivity index (χ0v) is 15.1. The smallest absolute Gasteiger partial charge is 0.119 e. The summed E-state index contributed by atoms with van der Waals surface area (Å²) in [6.45, 7) is 15.4. The SMILES string of the molecule is CC(CCOc1ccc(C2OCC2(C)C)cc1)CC(C)(C)C. The van der Waals surface area contributed by atoms with Crippen LogP contribution in [0.5, 0.6) is 5.75 Å². The van der Waals surface area contributed by atoms with Crippen molar-refractivity contribution in [2.45, 2.75) is 60.5 Å². The van der Waals surface area contributed by atoms with E-state index in [-0.39, 0.29) is 11.5 Å². The molecule has 1 aliphatic heterocycles. The molecule has 1 saturated heterocycles. The lowest BCUT2D eigenvalue weighted by Crippen LogP contribution is -2.40. The molecular formula is C20H32O2. The van der Waals surface area contributed by atoms with Crippen molar-refractivity contribution in [1.82, 2.24) is 0 Å². The lowest BCUT2D eigenvalue weighted by molar-refractivity contribution is -0.172. The Morgan fingerprint density at radius 1 is 1.23 bits per heavy atom. The van der Waals surface area contributed by atoms with Crippen molar-refractivity contribution in [3.05, 3.63) is 29.8 Å². The van der Waals surface area contributed by atoms with Crippen LogP contribution < -0.4 is 4.74 Å². The predicted octanol–water partition coefficient (Wildman–Crippen LogP) is 5.63. The zero-order valence-electron chi connectivity index (χ0n) is 15.1. The molecule has 2 nitrogen and oxygen atoms in total. The van der Waals surface area contributed by atoms with Gasteiger partial charge in [0, 0.05) is 5.41 Å². The molecule has 0 radical (unpaired) electrons. The van der Waals surface area contributed by atoms with Crippen LogP contribution in [0.4, 0.5) is 0 Å². The van der Waals surface area contributed by atoms with Crippen LogP contribution in [-0.2, 0) is 4.74 Å². The highest BCUT2D eigenvalue weighted by molar-refractivity contribution is 5.30. The maximum atomic E-state index is 5.89. The summed E-state index contributed by atoms with van der Waals surface area (Å²) in [5.41, 5.74) is 1.91. The van der Waals surface area contributed by atoms with Crippen molar-refractivity contribution in [3.63, 3.8) is 0 Å². The van der Waals surface area contributed by atoms with E-state index in [9.17, 15) is 0 Å². The fourth-order valence-electron chi connectivity index (χ4n) is 3.31. The summed E-state index contributed by atoms with van der Waals surface area (Å²) in [4.78, 5) is 0. The van der Waals surface area contributed by atoms with Crippen LogP contribution in [0.1, 0.15) is 66.1 Å². The summed E-state index contributed by atoms with van der Waals surface area (Å²) in [5.74, 6) is 1.66. The lowest BCUT2D eigenvalue weighted by Gasteiger charge is -2.44. The van der Waals surface area contributed by atoms with Crippen molar-refractivity contribution in [2.24, 2.45) is 16.7 Å². The van der Waals surface area contributed by atoms with E-state index in [0.29, 0.717) is 11.3 Å². The van der Waals surface area contributed by atoms with E-state index in [4.69, 9.17) is 9.47 Å². The van der Waals surface area contributed by atoms with Crippen LogP contribution in [0.25, 0.3) is 0 Å². The normalized spacial score (nSPS) is 22.0. The molecule has 1 fully saturated rings. The summed E-state index contributed by atoms with van der Waals surface area (Å²) < 4.78 is 11.6. The summed E-state index contributed by atoms with van der Waals surface area (Å²) in [6, 6.07) is 8.42. The van der Waals surface area contributed by atoms with Gasteiger partial charge in [0.1, 0.15) is 5.75 Å². The maximum absolute atomic E-state index is 5.89. The third kappa shape index (κ3) is 4.74. The molecule has 0 N–H and O–H groups in total. The predicted molar refractivity (Wildman–Crippen MR) is 92.3 cm³/mol. The van der Waals surface area contributed by atoms with E-state index in [1.807, 2.05) is 0 Å². The van der Waals surface area contributed by atoms with Gasteiger partial charge in [-0.25, -0.2) is 0 Å². The average Bonchev–Trinajstić information content (AvgIpc) is 2.37. The standard InChI is InChI=1S/C20H32O2/c1-15(13-19(2,3)4)11-12-21-17-9-7-16(8-10-17)18-20(5,6)14-22-18/h7-10,15,18H,11-14H2,1-6H3. The van der Waals surface area contributed by atoms with Gasteiger partial charge in [0.05, 0.1) is 19.3 Å². The fourth-order valence-corrected chi connectivity index (χ4v) is 3.31. The van der Waals surface area contributed by atoms with Crippen LogP contribution in [0.3, 0.4) is 0 Å². The van der Waals surface area contributed by atoms with E-state index in [1.165, 1.54) is 12.0 Å². The van der Waals surface area contributed by atoms with Crippen molar-refractivity contribution in [1.29, 1.82) is 0 Å². The van der Waals surface area contributed by atoms with Gasteiger partial charge in [-0.2, -0.15) is 0 Å². The molecule has 124 valence electrons. The Bertz CT molecular complexity index is 467. The van der Waals surface area contributed by atoms with Crippen molar-refractivity contribution < 1.29 is 9.47 Å². The number of hydrogen-bond acceptors (Lipinski definition) is 2. The fraction of sp³-hybridized carbons (Fsp3) is 0.700. The van der Waals surface area contributed by atoms with Crippen molar-refractivity contribution >= 4 is 0 Å². The first-order valence-electron chi connectivity index (χ1n) is 8.52. The molecule has 1 aromatic carbocycles. The Morgan fingerprint density at radius 2 is 1.86 bits per heavy atom. The topological polar surface area (TPSA) is 18.5 Å². The number of ether oxygens (including phenoxy) is 2. The molecule has 0 saturated carbocycles. The molecule has 2 atom stereocenters. The van der Waals surface area contributed by atoms with Gasteiger partial charge in [0.25, 0.3) is 0 Å². The molecule has 1 aliphatic rings. The van der Waals surface area contributed by atoms with Gasteiger partial charge in [0.15, 0.2) is 0 Å². The maximum Gasteiger partial charge on any atom is 0.119 e. The second kappa shape index (κ2) is 6.62. The number of hydrogen-bond donors (Lipinski definition) is 0. The van der Waals surface area contributed by atoms with Crippen LogP contribution in [0, 0.1) is 16.7 Å². The quantitative estimate of drug-likeness (QED) is 0.678. The first-order valence-corrected chi connectivity index (χ1v) is 8.52. The molecule has 0 spiro atoms. The number of rotatable bonds is 6. The lowest BCUT2D eigenvalue weighted by atomic mass is 9.79. The Hall–Kier alpha value is -1.02. The van der Waals surface area contributed by atoms with E-state index < -0.39 is 0 Å². The molecule has 2 rings (SSSR count). The molecule has 2 unspecified atom stereocenters. The molecule has 1 aromatic rings. The van der Waals surface area contributed by atoms with Crippen molar-refractivity contribution in [3.8, 4) is 5.75 Å². The van der Waals surface area contributed by atoms with Gasteiger partial charge in [-0.1, -0.05) is 53.7 Å². The molecule has 0 bridgehead atoms. The van der Waals surface area contributed by atoms with Crippen LogP contribution in [0.2, 0.25) is 0 Å². The molecule has 1 heterocycles. The van der Waals surface area contributed by atoms with Gasteiger partial charge in [0.2, 0.25) is 0 Å². The van der Waals surface area contributed by atoms with Gasteiger partial charge < -0.3 is 9.47 Å². The second-order valence-corrected chi connectivity index (χ2v) is 8.76. The first kappa shape index (κ1) is 17.3. The molecule has 22 heavy (non-hydrogen) atoms. The van der Waals surface area contributed by atoms with Crippen LogP contribution in [0.15, 0.2) is 24.3 Å². The van der Waals surface area contributed by atoms with E-state index >= 15 is 0 Å². The average molecular weight is 304 g/mol. The summed E-state index contributed by atoms with van der Waals surface area (Å²) in [5, 5.41) is 0. The van der Waals surface area contributed by atoms with Crippen molar-refractivity contribution in [2.75, 3.05) is 13.2 Å². The Balaban J connectivity index is 1.77. The Morgan fingerprint density at radius 3 is 2.32 bits per heavy atom. The minimum Gasteiger partial charge on any atom is -0.494 e. The second-order valence-electron chi connectivity index (χ2n) is 8.76. The van der Waals surface area contributed by atoms with Crippen LogP contribution >= 0.6 is 0 Å². The zero-order chi connectivity index (χ0) is 16.4.